The quantitative estimate of drug-likeness (QED) is 0.647. The summed E-state index contributed by atoms with van der Waals surface area (Å²) in [5.74, 6) is 0.0441. The standard InChI is InChI=1S/C22H25N3OS/c1-2-25-21(26)20(27-22(25)23-18-9-5-3-6-10-18)15-17-13-14-24(16-17)19-11-7-4-8-12-19/h3,5-6,9-10,13-16,19H,2,4,7-8,11-12H2,1H3/b20-15+,23-22?. The molecule has 2 aromatic rings. The molecule has 140 valence electrons. The van der Waals surface area contributed by atoms with Gasteiger partial charge in [-0.1, -0.05) is 37.5 Å². The van der Waals surface area contributed by atoms with Gasteiger partial charge in [0.2, 0.25) is 0 Å². The Morgan fingerprint density at radius 2 is 1.93 bits per heavy atom. The van der Waals surface area contributed by atoms with Crippen LogP contribution in [0.4, 0.5) is 5.69 Å². The molecule has 1 saturated heterocycles. The summed E-state index contributed by atoms with van der Waals surface area (Å²) in [4.78, 5) is 20.0. The maximum atomic E-state index is 12.8. The maximum absolute atomic E-state index is 12.8. The van der Waals surface area contributed by atoms with Gasteiger partial charge in [-0.15, -0.1) is 0 Å². The normalized spacial score (nSPS) is 21.5. The Morgan fingerprint density at radius 3 is 2.67 bits per heavy atom. The summed E-state index contributed by atoms with van der Waals surface area (Å²) in [6.45, 7) is 2.61. The van der Waals surface area contributed by atoms with E-state index in [1.165, 1.54) is 43.9 Å². The highest BCUT2D eigenvalue weighted by atomic mass is 32.2. The average Bonchev–Trinajstić information content (AvgIpc) is 3.28. The molecule has 1 amide bonds. The van der Waals surface area contributed by atoms with Crippen LogP contribution in [0, 0.1) is 0 Å². The fraction of sp³-hybridized carbons (Fsp3) is 0.364. The zero-order valence-corrected chi connectivity index (χ0v) is 16.5. The Bertz CT molecular complexity index is 863. The number of amidine groups is 1. The van der Waals surface area contributed by atoms with Crippen molar-refractivity contribution >= 4 is 34.6 Å². The molecule has 2 fully saturated rings. The SMILES string of the molecule is CCN1C(=O)/C(=C\c2ccn(C3CCCCC3)c2)SC1=Nc1ccccc1. The number of rotatable bonds is 4. The number of para-hydroxylation sites is 1. The molecule has 1 saturated carbocycles. The molecule has 0 N–H and O–H groups in total. The van der Waals surface area contributed by atoms with Crippen LogP contribution in [0.15, 0.2) is 58.7 Å². The van der Waals surface area contributed by atoms with Gasteiger partial charge < -0.3 is 4.57 Å². The molecule has 4 rings (SSSR count). The lowest BCUT2D eigenvalue weighted by Crippen LogP contribution is -2.28. The molecule has 1 aromatic carbocycles. The van der Waals surface area contributed by atoms with E-state index < -0.39 is 0 Å². The second kappa shape index (κ2) is 8.17. The highest BCUT2D eigenvalue weighted by Gasteiger charge is 2.32. The molecule has 0 bridgehead atoms. The molecule has 0 atom stereocenters. The monoisotopic (exact) mass is 379 g/mol. The van der Waals surface area contributed by atoms with E-state index in [9.17, 15) is 4.79 Å². The van der Waals surface area contributed by atoms with Gasteiger partial charge in [-0.25, -0.2) is 4.99 Å². The Hall–Kier alpha value is -2.27. The van der Waals surface area contributed by atoms with Gasteiger partial charge in [0.1, 0.15) is 0 Å². The lowest BCUT2D eigenvalue weighted by atomic mass is 9.95. The third-order valence-corrected chi connectivity index (χ3v) is 6.22. The van der Waals surface area contributed by atoms with Crippen molar-refractivity contribution in [1.29, 1.82) is 0 Å². The third-order valence-electron chi connectivity index (χ3n) is 5.22. The highest BCUT2D eigenvalue weighted by Crippen LogP contribution is 2.34. The number of carbonyl (C=O) groups is 1. The summed E-state index contributed by atoms with van der Waals surface area (Å²) in [7, 11) is 0. The largest absolute Gasteiger partial charge is 0.351 e. The molecule has 4 nitrogen and oxygen atoms in total. The van der Waals surface area contributed by atoms with E-state index in [1.807, 2.05) is 43.3 Å². The lowest BCUT2D eigenvalue weighted by Gasteiger charge is -2.23. The van der Waals surface area contributed by atoms with Gasteiger partial charge in [-0.3, -0.25) is 9.69 Å². The molecule has 0 unspecified atom stereocenters. The number of carbonyl (C=O) groups excluding carboxylic acids is 1. The number of benzene rings is 1. The molecule has 1 aromatic heterocycles. The maximum Gasteiger partial charge on any atom is 0.266 e. The first-order valence-electron chi connectivity index (χ1n) is 9.77. The van der Waals surface area contributed by atoms with Gasteiger partial charge in [0.15, 0.2) is 5.17 Å². The molecule has 27 heavy (non-hydrogen) atoms. The van der Waals surface area contributed by atoms with Crippen LogP contribution in [-0.2, 0) is 4.79 Å². The molecule has 2 aliphatic rings. The fourth-order valence-corrected chi connectivity index (χ4v) is 4.82. The van der Waals surface area contributed by atoms with Crippen molar-refractivity contribution < 1.29 is 4.79 Å². The van der Waals surface area contributed by atoms with Crippen molar-refractivity contribution in [3.8, 4) is 0 Å². The Balaban J connectivity index is 1.56. The molecule has 2 heterocycles. The number of aliphatic imine (C=N–C) groups is 1. The smallest absolute Gasteiger partial charge is 0.266 e. The van der Waals surface area contributed by atoms with Crippen molar-refractivity contribution in [3.05, 3.63) is 59.3 Å². The lowest BCUT2D eigenvalue weighted by molar-refractivity contribution is -0.122. The van der Waals surface area contributed by atoms with Crippen LogP contribution in [0.2, 0.25) is 0 Å². The van der Waals surface area contributed by atoms with E-state index in [0.717, 1.165) is 21.3 Å². The summed E-state index contributed by atoms with van der Waals surface area (Å²) in [6, 6.07) is 12.5. The van der Waals surface area contributed by atoms with Crippen LogP contribution < -0.4 is 0 Å². The minimum atomic E-state index is 0.0441. The van der Waals surface area contributed by atoms with E-state index in [4.69, 9.17) is 0 Å². The molecule has 5 heteroatoms. The summed E-state index contributed by atoms with van der Waals surface area (Å²) in [6.07, 6.45) is 12.9. The first-order valence-corrected chi connectivity index (χ1v) is 10.6. The fourth-order valence-electron chi connectivity index (χ4n) is 3.76. The van der Waals surface area contributed by atoms with E-state index in [-0.39, 0.29) is 5.91 Å². The van der Waals surface area contributed by atoms with Gasteiger partial charge in [0.05, 0.1) is 10.6 Å². The first kappa shape index (κ1) is 18.1. The minimum Gasteiger partial charge on any atom is -0.351 e. The average molecular weight is 380 g/mol. The zero-order valence-electron chi connectivity index (χ0n) is 15.7. The van der Waals surface area contributed by atoms with E-state index in [2.05, 4.69) is 28.0 Å². The highest BCUT2D eigenvalue weighted by molar-refractivity contribution is 8.18. The van der Waals surface area contributed by atoms with Crippen LogP contribution in [0.5, 0.6) is 0 Å². The van der Waals surface area contributed by atoms with Crippen LogP contribution >= 0.6 is 11.8 Å². The van der Waals surface area contributed by atoms with Crippen molar-refractivity contribution in [1.82, 2.24) is 9.47 Å². The molecule has 0 radical (unpaired) electrons. The summed E-state index contributed by atoms with van der Waals surface area (Å²) in [5.41, 5.74) is 1.96. The van der Waals surface area contributed by atoms with Gasteiger partial charge in [-0.2, -0.15) is 0 Å². The van der Waals surface area contributed by atoms with Gasteiger partial charge >= 0.3 is 0 Å². The van der Waals surface area contributed by atoms with E-state index in [1.54, 1.807) is 4.90 Å². The Morgan fingerprint density at radius 1 is 1.15 bits per heavy atom. The second-order valence-electron chi connectivity index (χ2n) is 7.07. The van der Waals surface area contributed by atoms with Crippen LogP contribution in [-0.4, -0.2) is 27.1 Å². The molecular weight excluding hydrogens is 354 g/mol. The van der Waals surface area contributed by atoms with Gasteiger partial charge in [-0.05, 0) is 61.4 Å². The number of amides is 1. The van der Waals surface area contributed by atoms with Crippen molar-refractivity contribution in [2.75, 3.05) is 6.54 Å². The topological polar surface area (TPSA) is 37.6 Å². The van der Waals surface area contributed by atoms with Crippen molar-refractivity contribution in [2.24, 2.45) is 4.99 Å². The zero-order chi connectivity index (χ0) is 18.6. The predicted octanol–water partition coefficient (Wildman–Crippen LogP) is 5.62. The molecular formula is C22H25N3OS. The van der Waals surface area contributed by atoms with Gasteiger partial charge in [0.25, 0.3) is 5.91 Å². The second-order valence-corrected chi connectivity index (χ2v) is 8.08. The number of hydrogen-bond donors (Lipinski definition) is 0. The Labute approximate surface area is 165 Å². The van der Waals surface area contributed by atoms with E-state index >= 15 is 0 Å². The molecule has 1 aliphatic heterocycles. The van der Waals surface area contributed by atoms with Crippen LogP contribution in [0.1, 0.15) is 50.6 Å². The van der Waals surface area contributed by atoms with Gasteiger partial charge in [0, 0.05) is 25.0 Å². The predicted molar refractivity (Wildman–Crippen MR) is 113 cm³/mol. The van der Waals surface area contributed by atoms with E-state index in [0.29, 0.717) is 12.6 Å². The summed E-state index contributed by atoms with van der Waals surface area (Å²) >= 11 is 1.46. The third kappa shape index (κ3) is 4.03. The van der Waals surface area contributed by atoms with Crippen molar-refractivity contribution in [2.45, 2.75) is 45.1 Å². The van der Waals surface area contributed by atoms with Crippen LogP contribution in [0.25, 0.3) is 6.08 Å². The number of hydrogen-bond acceptors (Lipinski definition) is 3. The summed E-state index contributed by atoms with van der Waals surface area (Å²) < 4.78 is 2.33. The molecule has 0 spiro atoms. The Kier molecular flexibility index (Phi) is 5.48. The number of nitrogens with zero attached hydrogens (tertiary/aromatic N) is 3. The number of likely N-dealkylation sites (N-methyl/N-ethyl adjacent to an activating group) is 1. The summed E-state index contributed by atoms with van der Waals surface area (Å²) in [5, 5.41) is 0.756. The first-order chi connectivity index (χ1) is 13.2. The number of thioether (sulfide) groups is 1. The minimum absolute atomic E-state index is 0.0441. The molecule has 1 aliphatic carbocycles. The van der Waals surface area contributed by atoms with Crippen molar-refractivity contribution in [3.63, 3.8) is 0 Å². The van der Waals surface area contributed by atoms with Crippen LogP contribution in [0.3, 0.4) is 0 Å². The number of aromatic nitrogens is 1.